The van der Waals surface area contributed by atoms with Gasteiger partial charge in [0.15, 0.2) is 0 Å². The van der Waals surface area contributed by atoms with Gasteiger partial charge in [0.25, 0.3) is 5.91 Å². The molecule has 3 N–H and O–H groups in total. The van der Waals surface area contributed by atoms with Crippen LogP contribution in [0.2, 0.25) is 5.02 Å². The summed E-state index contributed by atoms with van der Waals surface area (Å²) in [4.78, 5) is 29.4. The molecule has 5 nitrogen and oxygen atoms in total. The molecular formula is C29H25ClN2O3S. The van der Waals surface area contributed by atoms with Gasteiger partial charge in [-0.2, -0.15) is 0 Å². The minimum absolute atomic E-state index is 0.0792. The maximum Gasteiger partial charge on any atom is 0.263 e. The molecule has 0 bridgehead atoms. The van der Waals surface area contributed by atoms with Crippen molar-refractivity contribution < 1.29 is 14.7 Å². The summed E-state index contributed by atoms with van der Waals surface area (Å²) in [6, 6.07) is 26.0. The minimum atomic E-state index is -0.770. The van der Waals surface area contributed by atoms with E-state index in [0.717, 1.165) is 27.1 Å². The number of aromatic hydroxyl groups is 1. The van der Waals surface area contributed by atoms with Crippen molar-refractivity contribution in [2.75, 3.05) is 13.1 Å². The number of phenols is 1. The van der Waals surface area contributed by atoms with Crippen LogP contribution in [0.1, 0.15) is 28.1 Å². The van der Waals surface area contributed by atoms with Gasteiger partial charge >= 0.3 is 0 Å². The summed E-state index contributed by atoms with van der Waals surface area (Å²) >= 11 is 7.93. The molecule has 1 aromatic heterocycles. The van der Waals surface area contributed by atoms with Crippen molar-refractivity contribution in [3.63, 3.8) is 0 Å². The molecule has 2 amide bonds. The molecule has 1 fully saturated rings. The number of nitrogens with two attached hydrogens (primary N) is 1. The Morgan fingerprint density at radius 2 is 1.53 bits per heavy atom. The molecule has 2 heterocycles. The number of rotatable bonds is 5. The number of benzene rings is 3. The SMILES string of the molecule is NC(=O)C1(c2ccccc2)CCN(C(=O)c2cc(-c3ccc(O)cc3)c(-c3ccccc3Cl)s2)CC1. The highest BCUT2D eigenvalue weighted by Crippen LogP contribution is 2.43. The number of hydrogen-bond donors (Lipinski definition) is 2. The molecule has 4 aromatic rings. The van der Waals surface area contributed by atoms with Gasteiger partial charge in [0.2, 0.25) is 5.91 Å². The van der Waals surface area contributed by atoms with Crippen LogP contribution in [-0.2, 0) is 10.2 Å². The lowest BCUT2D eigenvalue weighted by Crippen LogP contribution is -2.51. The standard InChI is InChI=1S/C29H25ClN2O3S/c30-24-9-5-4-8-22(24)26-23(19-10-12-21(33)13-11-19)18-25(36-26)27(34)32-16-14-29(15-17-32,28(31)35)20-6-2-1-3-7-20/h1-13,18,33H,14-17H2,(H2,31,35). The fourth-order valence-corrected chi connectivity index (χ4v) is 6.35. The summed E-state index contributed by atoms with van der Waals surface area (Å²) in [6.45, 7) is 0.870. The number of carbonyl (C=O) groups is 2. The van der Waals surface area contributed by atoms with E-state index in [1.165, 1.54) is 11.3 Å². The number of carbonyl (C=O) groups excluding carboxylic acids is 2. The topological polar surface area (TPSA) is 83.6 Å². The Labute approximate surface area is 218 Å². The van der Waals surface area contributed by atoms with E-state index < -0.39 is 5.41 Å². The number of halogens is 1. The van der Waals surface area contributed by atoms with E-state index >= 15 is 0 Å². The molecule has 0 radical (unpaired) electrons. The van der Waals surface area contributed by atoms with E-state index in [0.29, 0.717) is 35.8 Å². The molecule has 1 aliphatic heterocycles. The maximum atomic E-state index is 13.6. The summed E-state index contributed by atoms with van der Waals surface area (Å²) in [7, 11) is 0. The summed E-state index contributed by atoms with van der Waals surface area (Å²) in [5.41, 5.74) is 8.61. The molecule has 0 saturated carbocycles. The molecule has 36 heavy (non-hydrogen) atoms. The fourth-order valence-electron chi connectivity index (χ4n) is 4.88. The van der Waals surface area contributed by atoms with Gasteiger partial charge in [-0.25, -0.2) is 0 Å². The molecule has 0 atom stereocenters. The summed E-state index contributed by atoms with van der Waals surface area (Å²) in [5, 5.41) is 10.4. The predicted octanol–water partition coefficient (Wildman–Crippen LogP) is 6.10. The molecule has 1 aliphatic rings. The van der Waals surface area contributed by atoms with Crippen LogP contribution in [0.3, 0.4) is 0 Å². The zero-order chi connectivity index (χ0) is 25.3. The van der Waals surface area contributed by atoms with Gasteiger partial charge in [0, 0.05) is 34.1 Å². The lowest BCUT2D eigenvalue weighted by molar-refractivity contribution is -0.125. The third-order valence-electron chi connectivity index (χ3n) is 6.94. The first-order valence-electron chi connectivity index (χ1n) is 11.7. The van der Waals surface area contributed by atoms with Crippen molar-refractivity contribution in [2.45, 2.75) is 18.3 Å². The second kappa shape index (κ2) is 9.80. The second-order valence-electron chi connectivity index (χ2n) is 8.98. The number of hydrogen-bond acceptors (Lipinski definition) is 4. The van der Waals surface area contributed by atoms with Crippen molar-refractivity contribution >= 4 is 34.8 Å². The Bertz CT molecular complexity index is 1410. The zero-order valence-electron chi connectivity index (χ0n) is 19.5. The smallest absolute Gasteiger partial charge is 0.263 e. The van der Waals surface area contributed by atoms with E-state index in [9.17, 15) is 14.7 Å². The fraction of sp³-hybridized carbons (Fsp3) is 0.172. The highest BCUT2D eigenvalue weighted by Gasteiger charge is 2.42. The van der Waals surface area contributed by atoms with E-state index in [-0.39, 0.29) is 17.6 Å². The molecule has 5 rings (SSSR count). The Balaban J connectivity index is 1.47. The van der Waals surface area contributed by atoms with Crippen LogP contribution in [0.25, 0.3) is 21.6 Å². The van der Waals surface area contributed by atoms with E-state index in [4.69, 9.17) is 17.3 Å². The van der Waals surface area contributed by atoms with Crippen molar-refractivity contribution in [3.8, 4) is 27.3 Å². The van der Waals surface area contributed by atoms with Gasteiger partial charge in [-0.15, -0.1) is 11.3 Å². The second-order valence-corrected chi connectivity index (χ2v) is 10.4. The number of thiophene rings is 1. The minimum Gasteiger partial charge on any atom is -0.508 e. The number of piperidine rings is 1. The van der Waals surface area contributed by atoms with Crippen LogP contribution < -0.4 is 5.73 Å². The summed E-state index contributed by atoms with van der Waals surface area (Å²) in [5.74, 6) is -0.258. The van der Waals surface area contributed by atoms with Gasteiger partial charge in [0.1, 0.15) is 5.75 Å². The number of amides is 2. The average Bonchev–Trinajstić information content (AvgIpc) is 3.34. The lowest BCUT2D eigenvalue weighted by Gasteiger charge is -2.40. The van der Waals surface area contributed by atoms with Gasteiger partial charge < -0.3 is 15.7 Å². The summed E-state index contributed by atoms with van der Waals surface area (Å²) in [6.07, 6.45) is 0.956. The third kappa shape index (κ3) is 4.38. The molecule has 0 unspecified atom stereocenters. The maximum absolute atomic E-state index is 13.6. The van der Waals surface area contributed by atoms with E-state index in [2.05, 4.69) is 0 Å². The molecular weight excluding hydrogens is 492 g/mol. The zero-order valence-corrected chi connectivity index (χ0v) is 21.1. The Morgan fingerprint density at radius 3 is 2.17 bits per heavy atom. The molecule has 0 spiro atoms. The molecule has 1 saturated heterocycles. The van der Waals surface area contributed by atoms with Crippen molar-refractivity contribution in [1.82, 2.24) is 4.90 Å². The van der Waals surface area contributed by atoms with E-state index in [1.807, 2.05) is 72.8 Å². The van der Waals surface area contributed by atoms with Crippen LogP contribution in [0.5, 0.6) is 5.75 Å². The van der Waals surface area contributed by atoms with Gasteiger partial charge in [0.05, 0.1) is 10.3 Å². The monoisotopic (exact) mass is 516 g/mol. The van der Waals surface area contributed by atoms with Gasteiger partial charge in [-0.05, 0) is 48.2 Å². The Morgan fingerprint density at radius 1 is 0.889 bits per heavy atom. The first-order valence-corrected chi connectivity index (χ1v) is 12.9. The van der Waals surface area contributed by atoms with Crippen LogP contribution in [-0.4, -0.2) is 34.9 Å². The molecule has 3 aromatic carbocycles. The largest absolute Gasteiger partial charge is 0.508 e. The van der Waals surface area contributed by atoms with Crippen molar-refractivity contribution in [1.29, 1.82) is 0 Å². The Hall–Kier alpha value is -3.61. The van der Waals surface area contributed by atoms with Crippen LogP contribution >= 0.6 is 22.9 Å². The van der Waals surface area contributed by atoms with Gasteiger partial charge in [-0.3, -0.25) is 9.59 Å². The first kappa shape index (κ1) is 24.1. The lowest BCUT2D eigenvalue weighted by atomic mass is 9.72. The Kier molecular flexibility index (Phi) is 6.56. The normalized spacial score (nSPS) is 15.0. The number of likely N-dealkylation sites (tertiary alicyclic amines) is 1. The molecule has 7 heteroatoms. The average molecular weight is 517 g/mol. The quantitative estimate of drug-likeness (QED) is 0.336. The highest BCUT2D eigenvalue weighted by molar-refractivity contribution is 7.18. The number of nitrogens with zero attached hydrogens (tertiary/aromatic N) is 1. The van der Waals surface area contributed by atoms with Crippen LogP contribution in [0.15, 0.2) is 84.9 Å². The predicted molar refractivity (Wildman–Crippen MR) is 144 cm³/mol. The third-order valence-corrected chi connectivity index (χ3v) is 8.43. The van der Waals surface area contributed by atoms with Crippen LogP contribution in [0.4, 0.5) is 0 Å². The first-order chi connectivity index (χ1) is 17.4. The van der Waals surface area contributed by atoms with Crippen molar-refractivity contribution in [3.05, 3.63) is 100 Å². The van der Waals surface area contributed by atoms with Crippen LogP contribution in [0, 0.1) is 0 Å². The highest BCUT2D eigenvalue weighted by atomic mass is 35.5. The van der Waals surface area contributed by atoms with E-state index in [1.54, 1.807) is 17.0 Å². The molecule has 0 aliphatic carbocycles. The molecule has 182 valence electrons. The van der Waals surface area contributed by atoms with Gasteiger partial charge in [-0.1, -0.05) is 72.3 Å². The number of primary amides is 1. The number of phenolic OH excluding ortho intramolecular Hbond substituents is 1. The summed E-state index contributed by atoms with van der Waals surface area (Å²) < 4.78 is 0. The van der Waals surface area contributed by atoms with Crippen molar-refractivity contribution in [2.24, 2.45) is 5.73 Å².